The van der Waals surface area contributed by atoms with Gasteiger partial charge in [-0.1, -0.05) is 18.2 Å². The number of aromatic nitrogens is 3. The number of hydrogen-bond acceptors (Lipinski definition) is 4. The molecule has 7 heteroatoms. The molecule has 0 saturated carbocycles. The highest BCUT2D eigenvalue weighted by molar-refractivity contribution is 7.89. The Morgan fingerprint density at radius 1 is 1.16 bits per heavy atom. The molecule has 1 heterocycles. The van der Waals surface area contributed by atoms with Crippen molar-refractivity contribution in [2.24, 2.45) is 0 Å². The van der Waals surface area contributed by atoms with E-state index in [2.05, 4.69) is 15.4 Å². The van der Waals surface area contributed by atoms with Crippen molar-refractivity contribution in [3.63, 3.8) is 0 Å². The summed E-state index contributed by atoms with van der Waals surface area (Å²) >= 11 is 0. The summed E-state index contributed by atoms with van der Waals surface area (Å²) < 4.78 is 24.9. The first kappa shape index (κ1) is 13.4. The van der Waals surface area contributed by atoms with Gasteiger partial charge in [0, 0.05) is 14.1 Å². The minimum absolute atomic E-state index is 0.274. The van der Waals surface area contributed by atoms with E-state index in [1.54, 1.807) is 36.5 Å². The third-order valence-electron chi connectivity index (χ3n) is 2.54. The van der Waals surface area contributed by atoms with E-state index in [0.717, 1.165) is 5.56 Å². The van der Waals surface area contributed by atoms with Crippen LogP contribution in [0.3, 0.4) is 0 Å². The fourth-order valence-electron chi connectivity index (χ4n) is 1.43. The second-order valence-corrected chi connectivity index (χ2v) is 6.24. The van der Waals surface area contributed by atoms with Gasteiger partial charge in [-0.3, -0.25) is 0 Å². The lowest BCUT2D eigenvalue weighted by molar-refractivity contribution is 0.521. The highest BCUT2D eigenvalue weighted by Gasteiger charge is 2.16. The average molecular weight is 278 g/mol. The third kappa shape index (κ3) is 3.07. The summed E-state index contributed by atoms with van der Waals surface area (Å²) in [6.07, 6.45) is 5.23. The zero-order chi connectivity index (χ0) is 13.9. The van der Waals surface area contributed by atoms with Crippen LogP contribution in [0.4, 0.5) is 0 Å². The number of nitrogens with one attached hydrogen (secondary N) is 1. The van der Waals surface area contributed by atoms with Crippen molar-refractivity contribution in [3.8, 4) is 0 Å². The zero-order valence-corrected chi connectivity index (χ0v) is 11.4. The first-order valence-electron chi connectivity index (χ1n) is 5.56. The van der Waals surface area contributed by atoms with E-state index in [1.807, 2.05) is 6.08 Å². The van der Waals surface area contributed by atoms with E-state index < -0.39 is 10.0 Å². The van der Waals surface area contributed by atoms with Crippen LogP contribution in [0.1, 0.15) is 11.3 Å². The van der Waals surface area contributed by atoms with Crippen LogP contribution in [-0.4, -0.2) is 42.2 Å². The lowest BCUT2D eigenvalue weighted by Gasteiger charge is -2.10. The maximum absolute atomic E-state index is 11.9. The quantitative estimate of drug-likeness (QED) is 0.912. The summed E-state index contributed by atoms with van der Waals surface area (Å²) in [6.45, 7) is 0. The minimum Gasteiger partial charge on any atom is -0.207 e. The highest BCUT2D eigenvalue weighted by Crippen LogP contribution is 2.15. The largest absolute Gasteiger partial charge is 0.242 e. The molecule has 6 nitrogen and oxygen atoms in total. The Hall–Kier alpha value is -1.99. The van der Waals surface area contributed by atoms with Crippen molar-refractivity contribution in [1.29, 1.82) is 0 Å². The van der Waals surface area contributed by atoms with Gasteiger partial charge in [0.15, 0.2) is 0 Å². The number of benzene rings is 1. The topological polar surface area (TPSA) is 79.0 Å². The van der Waals surface area contributed by atoms with Crippen molar-refractivity contribution in [1.82, 2.24) is 19.7 Å². The summed E-state index contributed by atoms with van der Waals surface area (Å²) in [4.78, 5) is 0.274. The van der Waals surface area contributed by atoms with Crippen molar-refractivity contribution >= 4 is 22.2 Å². The molecule has 2 rings (SSSR count). The number of aromatic amines is 1. The Morgan fingerprint density at radius 2 is 1.84 bits per heavy atom. The summed E-state index contributed by atoms with van der Waals surface area (Å²) in [7, 11) is -0.355. The van der Waals surface area contributed by atoms with E-state index >= 15 is 0 Å². The Labute approximate surface area is 111 Å². The summed E-state index contributed by atoms with van der Waals surface area (Å²) in [5, 5.41) is 10.1. The van der Waals surface area contributed by atoms with Crippen LogP contribution in [0, 0.1) is 0 Å². The fourth-order valence-corrected chi connectivity index (χ4v) is 2.34. The van der Waals surface area contributed by atoms with Crippen LogP contribution in [0.15, 0.2) is 35.4 Å². The molecular weight excluding hydrogens is 264 g/mol. The fraction of sp³-hybridized carbons (Fsp3) is 0.167. The first-order valence-corrected chi connectivity index (χ1v) is 7.00. The maximum Gasteiger partial charge on any atom is 0.242 e. The molecule has 0 radical (unpaired) electrons. The normalized spacial score (nSPS) is 12.4. The molecule has 0 aliphatic heterocycles. The summed E-state index contributed by atoms with van der Waals surface area (Å²) in [5.41, 5.74) is 1.60. The smallest absolute Gasteiger partial charge is 0.207 e. The van der Waals surface area contributed by atoms with Crippen LogP contribution in [0.5, 0.6) is 0 Å². The van der Waals surface area contributed by atoms with Crippen molar-refractivity contribution in [2.75, 3.05) is 14.1 Å². The van der Waals surface area contributed by atoms with E-state index in [9.17, 15) is 8.42 Å². The number of nitrogens with zero attached hydrogens (tertiary/aromatic N) is 3. The van der Waals surface area contributed by atoms with Gasteiger partial charge >= 0.3 is 0 Å². The van der Waals surface area contributed by atoms with Gasteiger partial charge in [0.2, 0.25) is 10.0 Å². The van der Waals surface area contributed by atoms with Gasteiger partial charge in [-0.2, -0.15) is 15.4 Å². The van der Waals surface area contributed by atoms with Gasteiger partial charge < -0.3 is 0 Å². The Bertz CT molecular complexity index is 658. The molecule has 0 fully saturated rings. The Kier molecular flexibility index (Phi) is 3.77. The SMILES string of the molecule is CN(C)S(=O)(=O)c1ccc(/C=C/c2cn[nH]n2)cc1. The molecular formula is C12H14N4O2S. The van der Waals surface area contributed by atoms with Crippen LogP contribution in [-0.2, 0) is 10.0 Å². The molecule has 0 saturated heterocycles. The second-order valence-electron chi connectivity index (χ2n) is 4.08. The predicted octanol–water partition coefficient (Wildman–Crippen LogP) is 1.23. The van der Waals surface area contributed by atoms with Gasteiger partial charge in [-0.05, 0) is 23.8 Å². The second kappa shape index (κ2) is 5.33. The van der Waals surface area contributed by atoms with Crippen LogP contribution in [0.25, 0.3) is 12.2 Å². The average Bonchev–Trinajstić information content (AvgIpc) is 2.90. The molecule has 0 aliphatic carbocycles. The molecule has 0 amide bonds. The molecule has 1 N–H and O–H groups in total. The molecule has 0 unspecified atom stereocenters. The van der Waals surface area contributed by atoms with Crippen LogP contribution < -0.4 is 0 Å². The first-order chi connectivity index (χ1) is 9.00. The molecule has 0 spiro atoms. The summed E-state index contributed by atoms with van der Waals surface area (Å²) in [6, 6.07) is 6.65. The number of H-pyrrole nitrogens is 1. The van der Waals surface area contributed by atoms with E-state index in [-0.39, 0.29) is 4.90 Å². The van der Waals surface area contributed by atoms with Crippen molar-refractivity contribution in [3.05, 3.63) is 41.7 Å². The molecule has 0 atom stereocenters. The van der Waals surface area contributed by atoms with Crippen LogP contribution in [0.2, 0.25) is 0 Å². The predicted molar refractivity (Wildman–Crippen MR) is 72.6 cm³/mol. The minimum atomic E-state index is -3.37. The van der Waals surface area contributed by atoms with E-state index in [1.165, 1.54) is 18.4 Å². The van der Waals surface area contributed by atoms with E-state index in [0.29, 0.717) is 5.69 Å². The van der Waals surface area contributed by atoms with Crippen LogP contribution >= 0.6 is 0 Å². The summed E-state index contributed by atoms with van der Waals surface area (Å²) in [5.74, 6) is 0. The van der Waals surface area contributed by atoms with Gasteiger partial charge in [-0.15, -0.1) is 0 Å². The standard InChI is InChI=1S/C12H14N4O2S/c1-16(2)19(17,18)12-7-4-10(5-8-12)3-6-11-9-13-15-14-11/h3-9H,1-2H3,(H,13,14,15)/b6-3+. The Balaban J connectivity index is 2.20. The Morgan fingerprint density at radius 3 is 2.37 bits per heavy atom. The van der Waals surface area contributed by atoms with Gasteiger partial charge in [0.1, 0.15) is 5.69 Å². The molecule has 1 aromatic heterocycles. The zero-order valence-electron chi connectivity index (χ0n) is 10.6. The van der Waals surface area contributed by atoms with E-state index in [4.69, 9.17) is 0 Å². The van der Waals surface area contributed by atoms with Gasteiger partial charge in [0.25, 0.3) is 0 Å². The van der Waals surface area contributed by atoms with Gasteiger partial charge in [-0.25, -0.2) is 12.7 Å². The number of hydrogen-bond donors (Lipinski definition) is 1. The monoisotopic (exact) mass is 278 g/mol. The maximum atomic E-state index is 11.9. The molecule has 0 bridgehead atoms. The van der Waals surface area contributed by atoms with Gasteiger partial charge in [0.05, 0.1) is 11.1 Å². The molecule has 0 aliphatic rings. The van der Waals surface area contributed by atoms with Crippen molar-refractivity contribution < 1.29 is 8.42 Å². The molecule has 19 heavy (non-hydrogen) atoms. The number of sulfonamides is 1. The highest BCUT2D eigenvalue weighted by atomic mass is 32.2. The molecule has 100 valence electrons. The van der Waals surface area contributed by atoms with Crippen molar-refractivity contribution in [2.45, 2.75) is 4.90 Å². The molecule has 2 aromatic rings. The number of rotatable bonds is 4. The third-order valence-corrected chi connectivity index (χ3v) is 4.37. The lowest BCUT2D eigenvalue weighted by atomic mass is 10.2. The molecule has 1 aromatic carbocycles. The lowest BCUT2D eigenvalue weighted by Crippen LogP contribution is -2.22.